The highest BCUT2D eigenvalue weighted by Crippen LogP contribution is 2.30. The number of hydrogen-bond donors (Lipinski definition) is 2. The van der Waals surface area contributed by atoms with Gasteiger partial charge < -0.3 is 10.4 Å². The Morgan fingerprint density at radius 2 is 1.89 bits per heavy atom. The second-order valence-corrected chi connectivity index (χ2v) is 4.46. The average Bonchev–Trinajstić information content (AvgIpc) is 2.42. The molecule has 0 radical (unpaired) electrons. The minimum Gasteiger partial charge on any atom is -0.506 e. The van der Waals surface area contributed by atoms with Gasteiger partial charge in [0.1, 0.15) is 17.9 Å². The van der Waals surface area contributed by atoms with E-state index in [9.17, 15) is 5.11 Å². The van der Waals surface area contributed by atoms with Crippen molar-refractivity contribution in [2.45, 2.75) is 0 Å². The van der Waals surface area contributed by atoms with E-state index in [-0.39, 0.29) is 5.75 Å². The maximum Gasteiger partial charge on any atom is 0.141 e. The summed E-state index contributed by atoms with van der Waals surface area (Å²) in [6.07, 6.45) is 1.48. The lowest BCUT2D eigenvalue weighted by Gasteiger charge is -2.09. The van der Waals surface area contributed by atoms with Crippen LogP contribution in [-0.2, 0) is 0 Å². The summed E-state index contributed by atoms with van der Waals surface area (Å²) in [6, 6.07) is 12.5. The Balaban J connectivity index is 2.06. The molecule has 0 spiro atoms. The Hall–Kier alpha value is -2.33. The predicted octanol–water partition coefficient (Wildman–Crippen LogP) is 3.73. The number of anilines is 2. The van der Waals surface area contributed by atoms with Crippen LogP contribution in [0.1, 0.15) is 0 Å². The van der Waals surface area contributed by atoms with Crippen molar-refractivity contribution in [2.75, 3.05) is 5.32 Å². The molecule has 0 fully saturated rings. The molecule has 1 heterocycles. The van der Waals surface area contributed by atoms with Crippen LogP contribution in [0.4, 0.5) is 11.5 Å². The molecule has 3 rings (SSSR count). The lowest BCUT2D eigenvalue weighted by atomic mass is 10.2. The van der Waals surface area contributed by atoms with Gasteiger partial charge in [0.25, 0.3) is 0 Å². The molecule has 0 saturated heterocycles. The van der Waals surface area contributed by atoms with Gasteiger partial charge in [-0.1, -0.05) is 23.7 Å². The van der Waals surface area contributed by atoms with Gasteiger partial charge in [-0.15, -0.1) is 0 Å². The minimum atomic E-state index is 0.0789. The molecule has 0 aliphatic carbocycles. The smallest absolute Gasteiger partial charge is 0.141 e. The third kappa shape index (κ3) is 2.30. The van der Waals surface area contributed by atoms with E-state index in [2.05, 4.69) is 15.3 Å². The number of benzene rings is 2. The van der Waals surface area contributed by atoms with Gasteiger partial charge in [0.05, 0.1) is 11.2 Å². The zero-order valence-electron chi connectivity index (χ0n) is 9.84. The molecule has 0 amide bonds. The molecule has 0 aliphatic heterocycles. The number of halogens is 1. The monoisotopic (exact) mass is 271 g/mol. The first-order valence-electron chi connectivity index (χ1n) is 5.69. The summed E-state index contributed by atoms with van der Waals surface area (Å²) >= 11 is 5.80. The summed E-state index contributed by atoms with van der Waals surface area (Å²) in [5, 5.41) is 14.3. The third-order valence-corrected chi connectivity index (χ3v) is 2.99. The van der Waals surface area contributed by atoms with E-state index in [1.165, 1.54) is 12.4 Å². The van der Waals surface area contributed by atoms with Crippen LogP contribution in [-0.4, -0.2) is 15.1 Å². The van der Waals surface area contributed by atoms with Crippen LogP contribution in [0.3, 0.4) is 0 Å². The number of rotatable bonds is 2. The predicted molar refractivity (Wildman–Crippen MR) is 75.9 cm³/mol. The number of phenolic OH excluding ortho intramolecular Hbond substituents is 1. The van der Waals surface area contributed by atoms with Crippen molar-refractivity contribution < 1.29 is 5.11 Å². The van der Waals surface area contributed by atoms with Gasteiger partial charge in [-0.05, 0) is 24.3 Å². The first kappa shape index (κ1) is 11.7. The molecule has 0 aliphatic rings. The van der Waals surface area contributed by atoms with Crippen molar-refractivity contribution in [2.24, 2.45) is 0 Å². The second kappa shape index (κ2) is 4.74. The van der Waals surface area contributed by atoms with Gasteiger partial charge in [0.15, 0.2) is 0 Å². The summed E-state index contributed by atoms with van der Waals surface area (Å²) in [5.74, 6) is 0.721. The summed E-state index contributed by atoms with van der Waals surface area (Å²) < 4.78 is 0. The van der Waals surface area contributed by atoms with E-state index >= 15 is 0 Å². The number of aromatic hydroxyl groups is 1. The molecular formula is C14H10ClN3O. The number of aromatic nitrogens is 2. The van der Waals surface area contributed by atoms with Gasteiger partial charge in [-0.25, -0.2) is 9.97 Å². The van der Waals surface area contributed by atoms with Crippen LogP contribution >= 0.6 is 11.6 Å². The fourth-order valence-corrected chi connectivity index (χ4v) is 2.01. The Kier molecular flexibility index (Phi) is 2.93. The van der Waals surface area contributed by atoms with Crippen molar-refractivity contribution in [3.63, 3.8) is 0 Å². The zero-order chi connectivity index (χ0) is 13.2. The summed E-state index contributed by atoms with van der Waals surface area (Å²) in [7, 11) is 0. The number of hydrogen-bond acceptors (Lipinski definition) is 4. The maximum atomic E-state index is 9.83. The van der Waals surface area contributed by atoms with E-state index in [1.54, 1.807) is 12.1 Å². The molecule has 0 saturated carbocycles. The molecule has 0 unspecified atom stereocenters. The molecule has 4 nitrogen and oxygen atoms in total. The number of nitrogens with one attached hydrogen (secondary N) is 1. The Labute approximate surface area is 114 Å². The standard InChI is InChI=1S/C14H10ClN3O/c15-9-5-6-12(13(19)7-9)18-14-10-3-1-2-4-11(10)16-8-17-14/h1-8,19H,(H,16,17,18). The van der Waals surface area contributed by atoms with E-state index in [0.717, 1.165) is 10.9 Å². The Bertz CT molecular complexity index is 740. The molecule has 1 aromatic heterocycles. The highest BCUT2D eigenvalue weighted by molar-refractivity contribution is 6.30. The minimum absolute atomic E-state index is 0.0789. The SMILES string of the molecule is Oc1cc(Cl)ccc1Nc1ncnc2ccccc12. The van der Waals surface area contributed by atoms with Crippen LogP contribution in [0, 0.1) is 0 Å². The molecule has 94 valence electrons. The number of para-hydroxylation sites is 1. The fraction of sp³-hybridized carbons (Fsp3) is 0. The van der Waals surface area contributed by atoms with Gasteiger partial charge >= 0.3 is 0 Å². The van der Waals surface area contributed by atoms with E-state index in [1.807, 2.05) is 24.3 Å². The van der Waals surface area contributed by atoms with E-state index in [4.69, 9.17) is 11.6 Å². The van der Waals surface area contributed by atoms with Crippen LogP contribution in [0.5, 0.6) is 5.75 Å². The summed E-state index contributed by atoms with van der Waals surface area (Å²) in [5.41, 5.74) is 1.39. The molecule has 5 heteroatoms. The lowest BCUT2D eigenvalue weighted by molar-refractivity contribution is 0.478. The number of nitrogens with zero attached hydrogens (tertiary/aromatic N) is 2. The summed E-state index contributed by atoms with van der Waals surface area (Å²) in [6.45, 7) is 0. The van der Waals surface area contributed by atoms with Gasteiger partial charge in [-0.2, -0.15) is 0 Å². The molecule has 3 aromatic rings. The largest absolute Gasteiger partial charge is 0.506 e. The number of fused-ring (bicyclic) bond motifs is 1. The fourth-order valence-electron chi connectivity index (χ4n) is 1.84. The average molecular weight is 272 g/mol. The van der Waals surface area contributed by atoms with Crippen LogP contribution in [0.15, 0.2) is 48.8 Å². The first-order chi connectivity index (χ1) is 9.24. The van der Waals surface area contributed by atoms with Crippen LogP contribution in [0.2, 0.25) is 5.02 Å². The molecule has 2 N–H and O–H groups in total. The van der Waals surface area contributed by atoms with E-state index in [0.29, 0.717) is 16.5 Å². The van der Waals surface area contributed by atoms with E-state index < -0.39 is 0 Å². The maximum absolute atomic E-state index is 9.83. The van der Waals surface area contributed by atoms with Crippen LogP contribution in [0.25, 0.3) is 10.9 Å². The normalized spacial score (nSPS) is 10.6. The molecular weight excluding hydrogens is 262 g/mol. The quantitative estimate of drug-likeness (QED) is 0.697. The van der Waals surface area contributed by atoms with Crippen molar-refractivity contribution in [1.82, 2.24) is 9.97 Å². The molecule has 0 bridgehead atoms. The van der Waals surface area contributed by atoms with Crippen LogP contribution < -0.4 is 5.32 Å². The highest BCUT2D eigenvalue weighted by atomic mass is 35.5. The third-order valence-electron chi connectivity index (χ3n) is 2.76. The highest BCUT2D eigenvalue weighted by Gasteiger charge is 2.06. The Morgan fingerprint density at radius 1 is 1.05 bits per heavy atom. The lowest BCUT2D eigenvalue weighted by Crippen LogP contribution is -1.96. The zero-order valence-corrected chi connectivity index (χ0v) is 10.6. The van der Waals surface area contributed by atoms with Gasteiger partial charge in [0, 0.05) is 16.5 Å². The second-order valence-electron chi connectivity index (χ2n) is 4.03. The summed E-state index contributed by atoms with van der Waals surface area (Å²) in [4.78, 5) is 8.38. The number of phenols is 1. The van der Waals surface area contributed by atoms with Gasteiger partial charge in [-0.3, -0.25) is 0 Å². The van der Waals surface area contributed by atoms with Gasteiger partial charge in [0.2, 0.25) is 0 Å². The molecule has 2 aromatic carbocycles. The molecule has 19 heavy (non-hydrogen) atoms. The van der Waals surface area contributed by atoms with Crippen molar-refractivity contribution in [1.29, 1.82) is 0 Å². The topological polar surface area (TPSA) is 58.0 Å². The van der Waals surface area contributed by atoms with Crippen molar-refractivity contribution in [3.05, 3.63) is 53.8 Å². The molecule has 0 atom stereocenters. The first-order valence-corrected chi connectivity index (χ1v) is 6.07. The Morgan fingerprint density at radius 3 is 2.74 bits per heavy atom. The van der Waals surface area contributed by atoms with Crippen molar-refractivity contribution in [3.8, 4) is 5.75 Å². The van der Waals surface area contributed by atoms with Crippen molar-refractivity contribution >= 4 is 34.0 Å².